The second-order valence-electron chi connectivity index (χ2n) is 5.47. The number of ketones is 2. The van der Waals surface area contributed by atoms with Crippen LogP contribution in [0.5, 0.6) is 0 Å². The molecular formula is C18H20O4. The molecular weight excluding hydrogens is 280 g/mol. The maximum absolute atomic E-state index is 11.8. The largest absolute Gasteiger partial charge is 0.504 e. The van der Waals surface area contributed by atoms with Gasteiger partial charge in [0, 0.05) is 11.6 Å². The highest BCUT2D eigenvalue weighted by Gasteiger charge is 2.27. The van der Waals surface area contributed by atoms with E-state index in [9.17, 15) is 19.8 Å². The zero-order valence-corrected chi connectivity index (χ0v) is 12.6. The average molecular weight is 300 g/mol. The summed E-state index contributed by atoms with van der Waals surface area (Å²) in [5.41, 5.74) is 2.28. The SMILES string of the molecule is CCCCc1cccc(CCC2=C(O)C(=O)C=C(O)C2=O)c1. The maximum atomic E-state index is 11.8. The summed E-state index contributed by atoms with van der Waals surface area (Å²) in [6.07, 6.45) is 4.79. The van der Waals surface area contributed by atoms with E-state index in [1.165, 1.54) is 5.56 Å². The van der Waals surface area contributed by atoms with Crippen LogP contribution >= 0.6 is 0 Å². The number of aryl methyl sites for hydroxylation is 2. The van der Waals surface area contributed by atoms with Gasteiger partial charge in [0.25, 0.3) is 0 Å². The van der Waals surface area contributed by atoms with Gasteiger partial charge < -0.3 is 10.2 Å². The molecule has 0 saturated heterocycles. The Morgan fingerprint density at radius 3 is 2.36 bits per heavy atom. The highest BCUT2D eigenvalue weighted by atomic mass is 16.3. The molecule has 1 aliphatic carbocycles. The number of carbonyl (C=O) groups excluding carboxylic acids is 2. The Morgan fingerprint density at radius 2 is 1.68 bits per heavy atom. The summed E-state index contributed by atoms with van der Waals surface area (Å²) in [6, 6.07) is 8.08. The third-order valence-electron chi connectivity index (χ3n) is 3.77. The van der Waals surface area contributed by atoms with Crippen LogP contribution in [-0.2, 0) is 22.4 Å². The van der Waals surface area contributed by atoms with Crippen molar-refractivity contribution in [3.63, 3.8) is 0 Å². The minimum atomic E-state index is -0.719. The van der Waals surface area contributed by atoms with Gasteiger partial charge in [-0.1, -0.05) is 37.6 Å². The highest BCUT2D eigenvalue weighted by molar-refractivity contribution is 6.20. The molecule has 2 N–H and O–H groups in total. The van der Waals surface area contributed by atoms with Crippen molar-refractivity contribution in [1.82, 2.24) is 0 Å². The zero-order chi connectivity index (χ0) is 16.1. The van der Waals surface area contributed by atoms with Gasteiger partial charge in [-0.05, 0) is 36.8 Å². The van der Waals surface area contributed by atoms with Gasteiger partial charge >= 0.3 is 0 Å². The summed E-state index contributed by atoms with van der Waals surface area (Å²) in [5, 5.41) is 19.1. The number of rotatable bonds is 6. The molecule has 0 saturated carbocycles. The predicted molar refractivity (Wildman–Crippen MR) is 83.8 cm³/mol. The molecule has 4 nitrogen and oxygen atoms in total. The number of aliphatic hydroxyl groups excluding tert-OH is 2. The minimum Gasteiger partial charge on any atom is -0.504 e. The van der Waals surface area contributed by atoms with Crippen molar-refractivity contribution >= 4 is 11.6 Å². The number of hydrogen-bond donors (Lipinski definition) is 2. The van der Waals surface area contributed by atoms with Gasteiger partial charge in [0.1, 0.15) is 0 Å². The van der Waals surface area contributed by atoms with Crippen molar-refractivity contribution in [1.29, 1.82) is 0 Å². The average Bonchev–Trinajstić information content (AvgIpc) is 2.51. The fraction of sp³-hybridized carbons (Fsp3) is 0.333. The standard InChI is InChI=1S/C18H20O4/c1-2-3-5-12-6-4-7-13(10-12)8-9-14-17(21)15(19)11-16(20)18(14)22/h4,6-7,10-11,19,22H,2-3,5,8-9H2,1H3. The first-order valence-corrected chi connectivity index (χ1v) is 7.52. The third kappa shape index (κ3) is 3.64. The zero-order valence-electron chi connectivity index (χ0n) is 12.6. The fourth-order valence-corrected chi connectivity index (χ4v) is 2.49. The van der Waals surface area contributed by atoms with E-state index in [2.05, 4.69) is 19.1 Å². The molecule has 116 valence electrons. The molecule has 0 spiro atoms. The summed E-state index contributed by atoms with van der Waals surface area (Å²) in [6.45, 7) is 2.14. The number of aliphatic hydroxyl groups is 2. The van der Waals surface area contributed by atoms with Crippen LogP contribution in [0.25, 0.3) is 0 Å². The van der Waals surface area contributed by atoms with E-state index in [1.807, 2.05) is 12.1 Å². The van der Waals surface area contributed by atoms with E-state index in [1.54, 1.807) is 0 Å². The fourth-order valence-electron chi connectivity index (χ4n) is 2.49. The summed E-state index contributed by atoms with van der Waals surface area (Å²) in [5.74, 6) is -2.54. The van der Waals surface area contributed by atoms with Gasteiger partial charge in [0.15, 0.2) is 11.5 Å². The molecule has 22 heavy (non-hydrogen) atoms. The van der Waals surface area contributed by atoms with Gasteiger partial charge in [-0.3, -0.25) is 9.59 Å². The molecule has 0 bridgehead atoms. The summed E-state index contributed by atoms with van der Waals surface area (Å²) in [7, 11) is 0. The highest BCUT2D eigenvalue weighted by Crippen LogP contribution is 2.21. The molecule has 0 amide bonds. The number of unbranched alkanes of at least 4 members (excludes halogenated alkanes) is 1. The van der Waals surface area contributed by atoms with Crippen LogP contribution in [0.2, 0.25) is 0 Å². The number of carbonyl (C=O) groups is 2. The molecule has 1 aromatic rings. The van der Waals surface area contributed by atoms with Crippen LogP contribution in [0.15, 0.2) is 47.4 Å². The first-order valence-electron chi connectivity index (χ1n) is 7.52. The van der Waals surface area contributed by atoms with Crippen molar-refractivity contribution in [2.24, 2.45) is 0 Å². The normalized spacial score (nSPS) is 15.2. The van der Waals surface area contributed by atoms with E-state index in [0.29, 0.717) is 6.42 Å². The third-order valence-corrected chi connectivity index (χ3v) is 3.77. The molecule has 1 aromatic carbocycles. The first-order chi connectivity index (χ1) is 10.5. The lowest BCUT2D eigenvalue weighted by molar-refractivity contribution is -0.119. The second-order valence-corrected chi connectivity index (χ2v) is 5.47. The molecule has 2 rings (SSSR count). The lowest BCUT2D eigenvalue weighted by atomic mass is 9.93. The Balaban J connectivity index is 2.08. The number of allylic oxidation sites excluding steroid dienone is 2. The summed E-state index contributed by atoms with van der Waals surface area (Å²) in [4.78, 5) is 23.3. The van der Waals surface area contributed by atoms with Gasteiger partial charge in [0.2, 0.25) is 11.6 Å². The predicted octanol–water partition coefficient (Wildman–Crippen LogP) is 3.37. The van der Waals surface area contributed by atoms with Gasteiger partial charge in [0.05, 0.1) is 0 Å². The lowest BCUT2D eigenvalue weighted by Gasteiger charge is -2.12. The van der Waals surface area contributed by atoms with E-state index in [0.717, 1.165) is 30.9 Å². The molecule has 1 aliphatic rings. The number of hydrogen-bond acceptors (Lipinski definition) is 4. The van der Waals surface area contributed by atoms with E-state index >= 15 is 0 Å². The monoisotopic (exact) mass is 300 g/mol. The van der Waals surface area contributed by atoms with Crippen molar-refractivity contribution in [2.75, 3.05) is 0 Å². The molecule has 0 fully saturated rings. The van der Waals surface area contributed by atoms with Crippen LogP contribution in [0.4, 0.5) is 0 Å². The Bertz CT molecular complexity index is 653. The first kappa shape index (κ1) is 16.0. The summed E-state index contributed by atoms with van der Waals surface area (Å²) < 4.78 is 0. The van der Waals surface area contributed by atoms with Gasteiger partial charge in [-0.2, -0.15) is 0 Å². The lowest BCUT2D eigenvalue weighted by Crippen LogP contribution is -2.19. The van der Waals surface area contributed by atoms with Crippen LogP contribution < -0.4 is 0 Å². The number of benzene rings is 1. The van der Waals surface area contributed by atoms with Crippen LogP contribution in [0.1, 0.15) is 37.3 Å². The quantitative estimate of drug-likeness (QED) is 0.790. The van der Waals surface area contributed by atoms with Crippen LogP contribution in [0, 0.1) is 0 Å². The Kier molecular flexibility index (Phi) is 5.15. The van der Waals surface area contributed by atoms with Crippen LogP contribution in [-0.4, -0.2) is 21.8 Å². The molecule has 0 radical (unpaired) electrons. The molecule has 0 aromatic heterocycles. The van der Waals surface area contributed by atoms with Crippen molar-refractivity contribution in [3.8, 4) is 0 Å². The van der Waals surface area contributed by atoms with Crippen LogP contribution in [0.3, 0.4) is 0 Å². The Labute approximate surface area is 129 Å². The topological polar surface area (TPSA) is 74.6 Å². The molecule has 0 atom stereocenters. The molecule has 4 heteroatoms. The molecule has 0 heterocycles. The second kappa shape index (κ2) is 7.07. The Morgan fingerprint density at radius 1 is 1.00 bits per heavy atom. The number of Topliss-reactive ketones (excluding diaryl/α,β-unsaturated/α-hetero) is 1. The van der Waals surface area contributed by atoms with E-state index in [-0.39, 0.29) is 12.0 Å². The smallest absolute Gasteiger partial charge is 0.227 e. The van der Waals surface area contributed by atoms with Gasteiger partial charge in [-0.25, -0.2) is 0 Å². The van der Waals surface area contributed by atoms with Gasteiger partial charge in [-0.15, -0.1) is 0 Å². The van der Waals surface area contributed by atoms with Crippen molar-refractivity contribution in [2.45, 2.75) is 39.0 Å². The molecule has 0 unspecified atom stereocenters. The van der Waals surface area contributed by atoms with Crippen molar-refractivity contribution < 1.29 is 19.8 Å². The minimum absolute atomic E-state index is 0.0102. The van der Waals surface area contributed by atoms with Crippen molar-refractivity contribution in [3.05, 3.63) is 58.6 Å². The van der Waals surface area contributed by atoms with E-state index < -0.39 is 23.1 Å². The Hall–Kier alpha value is -2.36. The molecule has 0 aliphatic heterocycles. The van der Waals surface area contributed by atoms with E-state index in [4.69, 9.17) is 0 Å². The summed E-state index contributed by atoms with van der Waals surface area (Å²) >= 11 is 0. The maximum Gasteiger partial charge on any atom is 0.227 e.